The average Bonchev–Trinajstić information content (AvgIpc) is 3.03. The van der Waals surface area contributed by atoms with E-state index in [1.807, 2.05) is 0 Å². The fraction of sp³-hybridized carbons (Fsp3) is 0.350. The second-order valence-corrected chi connectivity index (χ2v) is 10.2. The Morgan fingerprint density at radius 1 is 1.35 bits per heavy atom. The summed E-state index contributed by atoms with van der Waals surface area (Å²) in [6.07, 6.45) is 0.455. The summed E-state index contributed by atoms with van der Waals surface area (Å²) in [4.78, 5) is 38.5. The second-order valence-electron chi connectivity index (χ2n) is 7.31. The van der Waals surface area contributed by atoms with E-state index < -0.39 is 40.3 Å². The van der Waals surface area contributed by atoms with Crippen LogP contribution < -0.4 is 34.9 Å². The first-order valence-electron chi connectivity index (χ1n) is 9.68. The molecule has 1 saturated heterocycles. The molecule has 0 aliphatic carbocycles. The van der Waals surface area contributed by atoms with Crippen molar-refractivity contribution < 1.29 is 65.8 Å². The molecule has 1 aromatic rings. The van der Waals surface area contributed by atoms with E-state index in [2.05, 4.69) is 25.4 Å². The minimum atomic E-state index is -4.99. The van der Waals surface area contributed by atoms with Gasteiger partial charge in [-0.15, -0.1) is 0 Å². The van der Waals surface area contributed by atoms with E-state index >= 15 is 0 Å². The normalized spacial score (nSPS) is 20.5. The summed E-state index contributed by atoms with van der Waals surface area (Å²) in [6.45, 7) is 2.65. The van der Waals surface area contributed by atoms with E-state index in [0.29, 0.717) is 4.91 Å². The summed E-state index contributed by atoms with van der Waals surface area (Å²) in [6, 6.07) is 6.61. The molecule has 2 amide bonds. The number of carbonyl (C=O) groups excluding carboxylic acids is 3. The summed E-state index contributed by atoms with van der Waals surface area (Å²) >= 11 is 4.45. The van der Waals surface area contributed by atoms with Crippen LogP contribution in [0.25, 0.3) is 0 Å². The first-order valence-corrected chi connectivity index (χ1v) is 12.7. The third-order valence-electron chi connectivity index (χ3n) is 4.99. The molecule has 34 heavy (non-hydrogen) atoms. The van der Waals surface area contributed by atoms with Crippen LogP contribution in [0.2, 0.25) is 0 Å². The molecule has 10 nitrogen and oxygen atoms in total. The predicted octanol–water partition coefficient (Wildman–Crippen LogP) is -0.856. The van der Waals surface area contributed by atoms with Crippen LogP contribution in [0, 0.1) is 5.92 Å². The van der Waals surface area contributed by atoms with Crippen LogP contribution in [-0.4, -0.2) is 47.8 Å². The summed E-state index contributed by atoms with van der Waals surface area (Å²) in [7, 11) is -4.99. The van der Waals surface area contributed by atoms with Crippen LogP contribution in [0.15, 0.2) is 50.9 Å². The van der Waals surface area contributed by atoms with Crippen molar-refractivity contribution in [1.29, 1.82) is 0 Å². The molecule has 0 unspecified atom stereocenters. The number of fused-ring (bicyclic) bond motifs is 1. The molecule has 14 heteroatoms. The molecule has 2 heterocycles. The Kier molecular flexibility index (Phi) is 10.4. The number of halogens is 1. The van der Waals surface area contributed by atoms with Gasteiger partial charge in [-0.1, -0.05) is 39.8 Å². The van der Waals surface area contributed by atoms with Gasteiger partial charge in [-0.05, 0) is 30.0 Å². The second kappa shape index (κ2) is 12.2. The third-order valence-corrected chi connectivity index (χ3v) is 6.97. The number of hydrogen-bond donors (Lipinski definition) is 1. The molecule has 1 fully saturated rings. The maximum atomic E-state index is 12.9. The van der Waals surface area contributed by atoms with E-state index in [-0.39, 0.29) is 54.2 Å². The van der Waals surface area contributed by atoms with Crippen LogP contribution in [0.5, 0.6) is 0 Å². The average molecular weight is 583 g/mol. The zero-order valence-electron chi connectivity index (χ0n) is 18.5. The van der Waals surface area contributed by atoms with Crippen molar-refractivity contribution in [1.82, 2.24) is 10.2 Å². The van der Waals surface area contributed by atoms with Crippen LogP contribution in [0.4, 0.5) is 0 Å². The van der Waals surface area contributed by atoms with Crippen LogP contribution >= 0.6 is 27.7 Å². The van der Waals surface area contributed by atoms with E-state index in [1.54, 1.807) is 29.7 Å². The minimum absolute atomic E-state index is 0. The first-order chi connectivity index (χ1) is 15.5. The standard InChI is InChI=1S/C20H21BrN2O8S2.Na/c1-11(31-33(27,28)29)17-15-9-16(32-8-7-22-12(2)24)18(23(15)19(17)25)20(26)30-10-13-3-5-14(21)6-4-13;/h3-8,11,15,17H,9-10H2,1-2H3,(H,22,24)(H,27,28,29);/q;+1/p-1/b8-7+;/t11-,15+,17-;/m0./s1. The van der Waals surface area contributed by atoms with Gasteiger partial charge in [0.15, 0.2) is 0 Å². The fourth-order valence-electron chi connectivity index (χ4n) is 3.62. The molecule has 0 saturated carbocycles. The Bertz CT molecular complexity index is 1120. The van der Waals surface area contributed by atoms with Gasteiger partial charge in [-0.3, -0.25) is 13.8 Å². The summed E-state index contributed by atoms with van der Waals surface area (Å²) < 4.78 is 43.6. The maximum Gasteiger partial charge on any atom is 1.00 e. The van der Waals surface area contributed by atoms with Crippen molar-refractivity contribution in [3.63, 3.8) is 0 Å². The molecule has 3 atom stereocenters. The molecule has 2 aliphatic rings. The summed E-state index contributed by atoms with van der Waals surface area (Å²) in [5.41, 5.74) is 0.796. The van der Waals surface area contributed by atoms with Gasteiger partial charge >= 0.3 is 35.5 Å². The van der Waals surface area contributed by atoms with Crippen molar-refractivity contribution in [2.24, 2.45) is 5.92 Å². The molecule has 0 spiro atoms. The predicted molar refractivity (Wildman–Crippen MR) is 120 cm³/mol. The van der Waals surface area contributed by atoms with Gasteiger partial charge in [0.1, 0.15) is 12.3 Å². The Balaban J connectivity index is 0.00000408. The number of amides is 2. The fourth-order valence-corrected chi connectivity index (χ4v) is 5.24. The molecule has 178 valence electrons. The van der Waals surface area contributed by atoms with Crippen molar-refractivity contribution >= 4 is 55.9 Å². The molecule has 0 radical (unpaired) electrons. The van der Waals surface area contributed by atoms with E-state index in [1.165, 1.54) is 24.9 Å². The monoisotopic (exact) mass is 582 g/mol. The van der Waals surface area contributed by atoms with Gasteiger partial charge in [-0.25, -0.2) is 13.2 Å². The quantitative estimate of drug-likeness (QED) is 0.129. The molecule has 2 aliphatic heterocycles. The Labute approximate surface area is 231 Å². The van der Waals surface area contributed by atoms with Crippen molar-refractivity contribution in [2.45, 2.75) is 39.0 Å². The van der Waals surface area contributed by atoms with Gasteiger partial charge < -0.3 is 19.5 Å². The Morgan fingerprint density at radius 3 is 2.59 bits per heavy atom. The van der Waals surface area contributed by atoms with Crippen LogP contribution in [-0.2, 0) is 40.3 Å². The van der Waals surface area contributed by atoms with Gasteiger partial charge in [-0.2, -0.15) is 0 Å². The van der Waals surface area contributed by atoms with Crippen molar-refractivity contribution in [3.8, 4) is 0 Å². The number of nitrogens with zero attached hydrogens (tertiary/aromatic N) is 1. The maximum absolute atomic E-state index is 12.9. The number of benzene rings is 1. The van der Waals surface area contributed by atoms with Gasteiger partial charge in [0.25, 0.3) is 0 Å². The van der Waals surface area contributed by atoms with E-state index in [0.717, 1.165) is 21.8 Å². The molecular weight excluding hydrogens is 563 g/mol. The van der Waals surface area contributed by atoms with E-state index in [4.69, 9.17) is 4.74 Å². The topological polar surface area (TPSA) is 142 Å². The molecule has 1 aromatic carbocycles. The van der Waals surface area contributed by atoms with E-state index in [9.17, 15) is 27.4 Å². The molecule has 3 rings (SSSR count). The zero-order valence-corrected chi connectivity index (χ0v) is 23.7. The number of rotatable bonds is 9. The number of ether oxygens (including phenoxy) is 1. The Hall–Kier alpha value is -1.19. The number of hydrogen-bond acceptors (Lipinski definition) is 9. The smallest absolute Gasteiger partial charge is 0.726 e. The molecule has 0 aromatic heterocycles. The molecule has 0 bridgehead atoms. The summed E-state index contributed by atoms with van der Waals surface area (Å²) in [5.74, 6) is -2.42. The Morgan fingerprint density at radius 2 is 2.00 bits per heavy atom. The largest absolute Gasteiger partial charge is 1.00 e. The number of carbonyl (C=O) groups is 3. The first kappa shape index (κ1) is 29.0. The van der Waals surface area contributed by atoms with Gasteiger partial charge in [0.2, 0.25) is 22.2 Å². The molecule has 1 N–H and O–H groups in total. The zero-order chi connectivity index (χ0) is 24.3. The number of nitrogens with one attached hydrogen (secondary N) is 1. The van der Waals surface area contributed by atoms with Crippen LogP contribution in [0.3, 0.4) is 0 Å². The molecular formula is C20H20BrN2NaO8S2. The van der Waals surface area contributed by atoms with Crippen molar-refractivity contribution in [3.05, 3.63) is 56.5 Å². The van der Waals surface area contributed by atoms with Crippen molar-refractivity contribution in [2.75, 3.05) is 0 Å². The number of β-lactam (4-membered cyclic amide) rings is 1. The van der Waals surface area contributed by atoms with Gasteiger partial charge in [0, 0.05) is 28.9 Å². The SMILES string of the molecule is CC(=O)N/C=C/SC1=C(C(=O)OCc2ccc(Br)cc2)N2C(=O)[C@@H]([C@H](C)OS(=O)(=O)[O-])[C@H]2C1.[Na+]. The van der Waals surface area contributed by atoms with Gasteiger partial charge in [0.05, 0.1) is 18.1 Å². The van der Waals surface area contributed by atoms with Crippen LogP contribution in [0.1, 0.15) is 25.8 Å². The number of esters is 1. The minimum Gasteiger partial charge on any atom is -0.726 e. The third kappa shape index (κ3) is 7.17. The summed E-state index contributed by atoms with van der Waals surface area (Å²) in [5, 5.41) is 4.03. The number of thioether (sulfide) groups is 1.